The number of nitrogens with one attached hydrogen (secondary N) is 1. The molecule has 0 aliphatic carbocycles. The van der Waals surface area contributed by atoms with Gasteiger partial charge in [0.05, 0.1) is 21.7 Å². The van der Waals surface area contributed by atoms with Gasteiger partial charge in [-0.1, -0.05) is 95.8 Å². The Labute approximate surface area is 288 Å². The summed E-state index contributed by atoms with van der Waals surface area (Å²) in [7, 11) is 0. The van der Waals surface area contributed by atoms with E-state index in [1.807, 2.05) is 65.2 Å². The fourth-order valence-corrected chi connectivity index (χ4v) is 8.08. The molecule has 7 rings (SSSR count). The Morgan fingerprint density at radius 3 is 2.45 bits per heavy atom. The van der Waals surface area contributed by atoms with Crippen molar-refractivity contribution in [3.05, 3.63) is 137 Å². The minimum absolute atomic E-state index is 0.0140. The Hall–Kier alpha value is -4.48. The molecule has 2 heterocycles. The summed E-state index contributed by atoms with van der Waals surface area (Å²) >= 11 is 10.2. The smallest absolute Gasteiger partial charge is 0.234 e. The molecule has 0 unspecified atom stereocenters. The van der Waals surface area contributed by atoms with Crippen LogP contribution < -0.4 is 5.32 Å². The molecule has 232 valence electrons. The van der Waals surface area contributed by atoms with Crippen molar-refractivity contribution in [3.63, 3.8) is 0 Å². The van der Waals surface area contributed by atoms with Gasteiger partial charge in [0.25, 0.3) is 0 Å². The highest BCUT2D eigenvalue weighted by Gasteiger charge is 2.18. The summed E-state index contributed by atoms with van der Waals surface area (Å²) in [5.74, 6) is 1.10. The lowest BCUT2D eigenvalue weighted by Gasteiger charge is -2.11. The summed E-state index contributed by atoms with van der Waals surface area (Å²) in [6.45, 7) is 0. The van der Waals surface area contributed by atoms with Crippen molar-refractivity contribution in [2.45, 2.75) is 15.9 Å². The fourth-order valence-electron chi connectivity index (χ4n) is 5.18. The molecule has 0 saturated heterocycles. The van der Waals surface area contributed by atoms with Crippen LogP contribution in [0.1, 0.15) is 21.7 Å². The molecule has 5 aromatic carbocycles. The van der Waals surface area contributed by atoms with E-state index in [1.54, 1.807) is 24.3 Å². The zero-order chi connectivity index (χ0) is 32.2. The molecule has 0 radical (unpaired) electrons. The minimum Gasteiger partial charge on any atom is -0.325 e. The molecule has 2 aromatic heterocycles. The second-order valence-electron chi connectivity index (χ2n) is 10.6. The van der Waals surface area contributed by atoms with E-state index in [0.717, 1.165) is 31.6 Å². The summed E-state index contributed by atoms with van der Waals surface area (Å²) in [5, 5.41) is 15.7. The third kappa shape index (κ3) is 7.26. The number of anilines is 1. The van der Waals surface area contributed by atoms with Gasteiger partial charge in [-0.3, -0.25) is 14.2 Å². The van der Waals surface area contributed by atoms with E-state index >= 15 is 0 Å². The van der Waals surface area contributed by atoms with Gasteiger partial charge in [-0.25, -0.2) is 4.98 Å². The van der Waals surface area contributed by atoms with Crippen molar-refractivity contribution in [2.24, 2.45) is 0 Å². The molecule has 11 heteroatoms. The second-order valence-corrected chi connectivity index (χ2v) is 14.2. The average molecular weight is 692 g/mol. The normalized spacial score (nSPS) is 11.3. The van der Waals surface area contributed by atoms with Crippen molar-refractivity contribution in [1.82, 2.24) is 19.7 Å². The average Bonchev–Trinajstić information content (AvgIpc) is 3.70. The number of carbonyl (C=O) groups excluding carboxylic acids is 2. The van der Waals surface area contributed by atoms with Gasteiger partial charge in [-0.2, -0.15) is 0 Å². The molecule has 0 spiro atoms. The minimum atomic E-state index is -0.153. The van der Waals surface area contributed by atoms with E-state index in [2.05, 4.69) is 50.8 Å². The van der Waals surface area contributed by atoms with Gasteiger partial charge >= 0.3 is 0 Å². The number of nitrogens with zero attached hydrogens (tertiary/aromatic N) is 4. The van der Waals surface area contributed by atoms with E-state index < -0.39 is 0 Å². The Morgan fingerprint density at radius 2 is 1.60 bits per heavy atom. The van der Waals surface area contributed by atoms with Crippen molar-refractivity contribution < 1.29 is 9.59 Å². The Bertz CT molecular complexity index is 2210. The van der Waals surface area contributed by atoms with E-state index in [4.69, 9.17) is 11.6 Å². The van der Waals surface area contributed by atoms with Crippen molar-refractivity contribution in [3.8, 4) is 5.69 Å². The standard InChI is InChI=1S/C36H26ClN5O2S3/c37-26-15-13-24(14-16-26)31(43)21-46-36-39-30-18-17-27(20-32(30)47-36)38-34(44)22-45-35-41-40-33(42(35)28-10-2-1-3-11-28)19-25-9-6-8-23-7-4-5-12-29(23)25/h1-18,20H,19,21-22H2,(H,38,44). The number of aromatic nitrogens is 4. The number of Topliss-reactive ketones (excluding diaryl/α,β-unsaturated/α-hetero) is 1. The molecule has 0 aliphatic rings. The van der Waals surface area contributed by atoms with Crippen LogP contribution in [-0.4, -0.2) is 42.9 Å². The number of para-hydroxylation sites is 1. The summed E-state index contributed by atoms with van der Waals surface area (Å²) in [5.41, 5.74) is 4.22. The first kappa shape index (κ1) is 31.1. The highest BCUT2D eigenvalue weighted by atomic mass is 35.5. The molecule has 7 nitrogen and oxygen atoms in total. The number of carbonyl (C=O) groups is 2. The quantitative estimate of drug-likeness (QED) is 0.107. The summed E-state index contributed by atoms with van der Waals surface area (Å²) in [6.07, 6.45) is 0.598. The van der Waals surface area contributed by atoms with E-state index in [1.165, 1.54) is 45.6 Å². The van der Waals surface area contributed by atoms with Gasteiger partial charge < -0.3 is 5.32 Å². The van der Waals surface area contributed by atoms with Crippen LogP contribution in [-0.2, 0) is 11.2 Å². The van der Waals surface area contributed by atoms with Gasteiger partial charge in [0, 0.05) is 28.4 Å². The lowest BCUT2D eigenvalue weighted by Crippen LogP contribution is -2.14. The molecular formula is C36H26ClN5O2S3. The molecule has 0 atom stereocenters. The predicted octanol–water partition coefficient (Wildman–Crippen LogP) is 8.98. The maximum absolute atomic E-state index is 13.1. The molecule has 47 heavy (non-hydrogen) atoms. The predicted molar refractivity (Wildman–Crippen MR) is 194 cm³/mol. The van der Waals surface area contributed by atoms with E-state index in [-0.39, 0.29) is 23.2 Å². The van der Waals surface area contributed by atoms with Crippen LogP contribution in [0.5, 0.6) is 0 Å². The Morgan fingerprint density at radius 1 is 0.809 bits per heavy atom. The van der Waals surface area contributed by atoms with Gasteiger partial charge in [-0.15, -0.1) is 21.5 Å². The van der Waals surface area contributed by atoms with Crippen LogP contribution in [0.15, 0.2) is 125 Å². The highest BCUT2D eigenvalue weighted by molar-refractivity contribution is 8.01. The van der Waals surface area contributed by atoms with E-state index in [0.29, 0.717) is 27.9 Å². The van der Waals surface area contributed by atoms with Gasteiger partial charge in [0.2, 0.25) is 5.91 Å². The number of hydrogen-bond acceptors (Lipinski definition) is 8. The molecule has 0 aliphatic heterocycles. The number of fused-ring (bicyclic) bond motifs is 2. The zero-order valence-electron chi connectivity index (χ0n) is 24.8. The Balaban J connectivity index is 1.02. The summed E-state index contributed by atoms with van der Waals surface area (Å²) in [4.78, 5) is 30.3. The number of halogens is 1. The third-order valence-corrected chi connectivity index (χ3v) is 10.8. The molecule has 7 aromatic rings. The second kappa shape index (κ2) is 14.1. The number of amides is 1. The van der Waals surface area contributed by atoms with Crippen LogP contribution in [0, 0.1) is 0 Å². The Kier molecular flexibility index (Phi) is 9.34. The van der Waals surface area contributed by atoms with Crippen molar-refractivity contribution in [2.75, 3.05) is 16.8 Å². The lowest BCUT2D eigenvalue weighted by atomic mass is 10.0. The van der Waals surface area contributed by atoms with Crippen LogP contribution >= 0.6 is 46.5 Å². The largest absolute Gasteiger partial charge is 0.325 e. The van der Waals surface area contributed by atoms with Gasteiger partial charge in [0.1, 0.15) is 5.82 Å². The SMILES string of the molecule is O=C(CSc1nnc(Cc2cccc3ccccc23)n1-c1ccccc1)Nc1ccc2nc(SCC(=O)c3ccc(Cl)cc3)sc2c1. The monoisotopic (exact) mass is 691 g/mol. The first-order valence-electron chi connectivity index (χ1n) is 14.7. The lowest BCUT2D eigenvalue weighted by molar-refractivity contribution is -0.113. The van der Waals surface area contributed by atoms with E-state index in [9.17, 15) is 9.59 Å². The van der Waals surface area contributed by atoms with Crippen LogP contribution in [0.2, 0.25) is 5.02 Å². The number of ketones is 1. The number of benzene rings is 5. The number of thioether (sulfide) groups is 2. The molecule has 1 amide bonds. The first-order chi connectivity index (χ1) is 23.0. The first-order valence-corrected chi connectivity index (χ1v) is 17.9. The number of hydrogen-bond donors (Lipinski definition) is 1. The van der Waals surface area contributed by atoms with Crippen molar-refractivity contribution in [1.29, 1.82) is 0 Å². The van der Waals surface area contributed by atoms with Crippen LogP contribution in [0.4, 0.5) is 5.69 Å². The molecular weight excluding hydrogens is 666 g/mol. The molecule has 0 saturated carbocycles. The van der Waals surface area contributed by atoms with Gasteiger partial charge in [-0.05, 0) is 70.9 Å². The maximum atomic E-state index is 13.1. The molecule has 1 N–H and O–H groups in total. The highest BCUT2D eigenvalue weighted by Crippen LogP contribution is 2.32. The summed E-state index contributed by atoms with van der Waals surface area (Å²) in [6, 6.07) is 37.1. The number of thiazole rings is 1. The zero-order valence-corrected chi connectivity index (χ0v) is 28.0. The van der Waals surface area contributed by atoms with Crippen LogP contribution in [0.25, 0.3) is 26.7 Å². The van der Waals surface area contributed by atoms with Gasteiger partial charge in [0.15, 0.2) is 15.3 Å². The fraction of sp³-hybridized carbons (Fsp3) is 0.0833. The molecule has 0 fully saturated rings. The summed E-state index contributed by atoms with van der Waals surface area (Å²) < 4.78 is 3.75. The topological polar surface area (TPSA) is 89.8 Å². The maximum Gasteiger partial charge on any atom is 0.234 e. The van der Waals surface area contributed by atoms with Crippen LogP contribution in [0.3, 0.4) is 0 Å². The van der Waals surface area contributed by atoms with Crippen molar-refractivity contribution >= 4 is 84.8 Å². The molecule has 0 bridgehead atoms. The number of rotatable bonds is 11. The third-order valence-electron chi connectivity index (χ3n) is 7.42.